The molecule has 1 heterocycles. The van der Waals surface area contributed by atoms with Gasteiger partial charge in [0.25, 0.3) is 0 Å². The summed E-state index contributed by atoms with van der Waals surface area (Å²) in [6, 6.07) is 3.15. The van der Waals surface area contributed by atoms with Crippen molar-refractivity contribution in [2.45, 2.75) is 36.6 Å². The monoisotopic (exact) mass is 424 g/mol. The van der Waals surface area contributed by atoms with Crippen LogP contribution in [-0.2, 0) is 17.0 Å². The predicted octanol–water partition coefficient (Wildman–Crippen LogP) is 4.56. The van der Waals surface area contributed by atoms with Gasteiger partial charge in [-0.25, -0.2) is 4.68 Å². The predicted molar refractivity (Wildman–Crippen MR) is 93.9 cm³/mol. The van der Waals surface area contributed by atoms with Gasteiger partial charge in [0, 0.05) is 5.25 Å². The van der Waals surface area contributed by atoms with Gasteiger partial charge >= 0.3 is 6.18 Å². The number of anilines is 1. The van der Waals surface area contributed by atoms with Gasteiger partial charge in [-0.2, -0.15) is 23.5 Å². The molecule has 2 unspecified atom stereocenters. The molecule has 1 aromatic heterocycles. The first kappa shape index (κ1) is 20.6. The van der Waals surface area contributed by atoms with E-state index in [9.17, 15) is 22.6 Å². The van der Waals surface area contributed by atoms with Crippen molar-refractivity contribution in [3.63, 3.8) is 0 Å². The molecule has 11 heteroatoms. The van der Waals surface area contributed by atoms with E-state index in [-0.39, 0.29) is 37.4 Å². The zero-order valence-electron chi connectivity index (χ0n) is 13.6. The minimum atomic E-state index is -4.64. The van der Waals surface area contributed by atoms with Crippen LogP contribution in [-0.4, -0.2) is 19.2 Å². The van der Waals surface area contributed by atoms with Crippen molar-refractivity contribution in [1.82, 2.24) is 9.78 Å². The zero-order valence-corrected chi connectivity index (χ0v) is 15.9. The fourth-order valence-electron chi connectivity index (χ4n) is 2.14. The van der Waals surface area contributed by atoms with E-state index in [0.29, 0.717) is 18.6 Å². The second-order valence-corrected chi connectivity index (χ2v) is 8.01. The van der Waals surface area contributed by atoms with E-state index >= 15 is 0 Å². The molecule has 0 saturated heterocycles. The van der Waals surface area contributed by atoms with Crippen LogP contribution in [0.4, 0.5) is 19.0 Å². The maximum atomic E-state index is 12.9. The number of nitrogens with zero attached hydrogens (tertiary/aromatic N) is 3. The molecule has 5 nitrogen and oxygen atoms in total. The Morgan fingerprint density at radius 1 is 1.38 bits per heavy atom. The number of nitrogens with two attached hydrogens (primary N) is 1. The average Bonchev–Trinajstić information content (AvgIpc) is 2.88. The van der Waals surface area contributed by atoms with Crippen molar-refractivity contribution in [1.29, 1.82) is 5.26 Å². The van der Waals surface area contributed by atoms with Gasteiger partial charge < -0.3 is 5.73 Å². The standard InChI is InChI=1S/C15H13Cl2F3N4OS/c1-3-7(2)26(25)13-11(6-21)23-24(14(13)22)12-9(16)4-8(5-10(12)17)15(18,19)20/h4-5,7H,3,22H2,1-2H3. The SMILES string of the molecule is CCC(C)S(=O)c1c(C#N)nn(-c2c(Cl)cc(C(F)(F)F)cc2Cl)c1N. The summed E-state index contributed by atoms with van der Waals surface area (Å²) in [6.45, 7) is 3.53. The number of hydrogen-bond donors (Lipinski definition) is 1. The number of hydrogen-bond acceptors (Lipinski definition) is 4. The Bertz CT molecular complexity index is 898. The van der Waals surface area contributed by atoms with Crippen LogP contribution < -0.4 is 5.73 Å². The lowest BCUT2D eigenvalue weighted by molar-refractivity contribution is -0.137. The molecule has 0 aliphatic carbocycles. The quantitative estimate of drug-likeness (QED) is 0.779. The van der Waals surface area contributed by atoms with Gasteiger partial charge in [-0.05, 0) is 18.6 Å². The van der Waals surface area contributed by atoms with E-state index in [2.05, 4.69) is 5.10 Å². The molecule has 0 saturated carbocycles. The van der Waals surface area contributed by atoms with E-state index in [1.165, 1.54) is 0 Å². The molecule has 0 radical (unpaired) electrons. The van der Waals surface area contributed by atoms with Crippen molar-refractivity contribution in [2.75, 3.05) is 5.73 Å². The molecule has 0 bridgehead atoms. The summed E-state index contributed by atoms with van der Waals surface area (Å²) in [5, 5.41) is 12.2. The number of alkyl halides is 3. The molecule has 0 fully saturated rings. The molecule has 2 rings (SSSR count). The van der Waals surface area contributed by atoms with Crippen molar-refractivity contribution >= 4 is 39.8 Å². The maximum Gasteiger partial charge on any atom is 0.416 e. The molecule has 0 aliphatic rings. The molecule has 140 valence electrons. The number of rotatable bonds is 4. The average molecular weight is 425 g/mol. The maximum absolute atomic E-state index is 12.9. The molecule has 2 N–H and O–H groups in total. The smallest absolute Gasteiger partial charge is 0.383 e. The molecule has 0 aliphatic heterocycles. The van der Waals surface area contributed by atoms with Gasteiger partial charge in [0.05, 0.1) is 26.4 Å². The number of aromatic nitrogens is 2. The summed E-state index contributed by atoms with van der Waals surface area (Å²) in [4.78, 5) is 0.00822. The molecule has 2 atom stereocenters. The number of benzene rings is 1. The molecule has 26 heavy (non-hydrogen) atoms. The summed E-state index contributed by atoms with van der Waals surface area (Å²) in [6.07, 6.45) is -4.08. The fraction of sp³-hybridized carbons (Fsp3) is 0.333. The van der Waals surface area contributed by atoms with Gasteiger partial charge in [0.2, 0.25) is 0 Å². The topological polar surface area (TPSA) is 84.7 Å². The van der Waals surface area contributed by atoms with Gasteiger partial charge in [-0.15, -0.1) is 0 Å². The highest BCUT2D eigenvalue weighted by atomic mass is 35.5. The third-order valence-electron chi connectivity index (χ3n) is 3.68. The second-order valence-electron chi connectivity index (χ2n) is 5.39. The Balaban J connectivity index is 2.70. The summed E-state index contributed by atoms with van der Waals surface area (Å²) in [5.41, 5.74) is 4.62. The van der Waals surface area contributed by atoms with Gasteiger partial charge in [0.15, 0.2) is 5.69 Å². The zero-order chi connectivity index (χ0) is 19.8. The first-order chi connectivity index (χ1) is 12.0. The Hall–Kier alpha value is -1.76. The summed E-state index contributed by atoms with van der Waals surface area (Å²) in [7, 11) is -1.63. The summed E-state index contributed by atoms with van der Waals surface area (Å²) >= 11 is 11.9. The Labute approximate surface area is 159 Å². The lowest BCUT2D eigenvalue weighted by Gasteiger charge is -2.13. The highest BCUT2D eigenvalue weighted by Crippen LogP contribution is 2.39. The van der Waals surface area contributed by atoms with Crippen LogP contribution in [0.3, 0.4) is 0 Å². The van der Waals surface area contributed by atoms with Crippen LogP contribution in [0.15, 0.2) is 17.0 Å². The van der Waals surface area contributed by atoms with Gasteiger partial charge in [-0.3, -0.25) is 4.21 Å². The Morgan fingerprint density at radius 3 is 2.35 bits per heavy atom. The van der Waals surface area contributed by atoms with Crippen LogP contribution in [0.2, 0.25) is 10.0 Å². The molecular weight excluding hydrogens is 412 g/mol. The van der Waals surface area contributed by atoms with E-state index in [4.69, 9.17) is 28.9 Å². The van der Waals surface area contributed by atoms with Gasteiger partial charge in [0.1, 0.15) is 22.5 Å². The van der Waals surface area contributed by atoms with Crippen molar-refractivity contribution in [3.05, 3.63) is 33.4 Å². The fourth-order valence-corrected chi connectivity index (χ4v) is 4.06. The lowest BCUT2D eigenvalue weighted by atomic mass is 10.2. The minimum Gasteiger partial charge on any atom is -0.383 e. The summed E-state index contributed by atoms with van der Waals surface area (Å²) in [5.74, 6) is -0.163. The molecule has 2 aromatic rings. The first-order valence-corrected chi connectivity index (χ1v) is 9.25. The number of halogens is 5. The third-order valence-corrected chi connectivity index (χ3v) is 6.12. The Kier molecular flexibility index (Phi) is 5.90. The molecule has 1 aromatic carbocycles. The molecule has 0 spiro atoms. The normalized spacial score (nSPS) is 14.1. The third kappa shape index (κ3) is 3.68. The Morgan fingerprint density at radius 2 is 1.92 bits per heavy atom. The van der Waals surface area contributed by atoms with Crippen LogP contribution in [0, 0.1) is 11.3 Å². The highest BCUT2D eigenvalue weighted by Gasteiger charge is 2.33. The molecular formula is C15H13Cl2F3N4OS. The second kappa shape index (κ2) is 7.47. The van der Waals surface area contributed by atoms with Crippen LogP contribution in [0.25, 0.3) is 5.69 Å². The van der Waals surface area contributed by atoms with Crippen LogP contribution in [0.1, 0.15) is 31.5 Å². The van der Waals surface area contributed by atoms with E-state index < -0.39 is 22.5 Å². The van der Waals surface area contributed by atoms with Crippen LogP contribution >= 0.6 is 23.2 Å². The number of nitrogen functional groups attached to an aromatic ring is 1. The number of nitriles is 1. The van der Waals surface area contributed by atoms with E-state index in [1.54, 1.807) is 13.0 Å². The van der Waals surface area contributed by atoms with E-state index in [1.807, 2.05) is 6.92 Å². The van der Waals surface area contributed by atoms with Crippen molar-refractivity contribution in [3.8, 4) is 11.8 Å². The van der Waals surface area contributed by atoms with Crippen molar-refractivity contribution in [2.24, 2.45) is 0 Å². The first-order valence-electron chi connectivity index (χ1n) is 7.28. The lowest BCUT2D eigenvalue weighted by Crippen LogP contribution is -2.12. The largest absolute Gasteiger partial charge is 0.416 e. The van der Waals surface area contributed by atoms with Crippen molar-refractivity contribution < 1.29 is 17.4 Å². The molecule has 0 amide bonds. The van der Waals surface area contributed by atoms with Crippen LogP contribution in [0.5, 0.6) is 0 Å². The highest BCUT2D eigenvalue weighted by molar-refractivity contribution is 7.85. The van der Waals surface area contributed by atoms with E-state index in [0.717, 1.165) is 4.68 Å². The van der Waals surface area contributed by atoms with Gasteiger partial charge in [-0.1, -0.05) is 37.0 Å². The minimum absolute atomic E-state index is 0.00822. The summed E-state index contributed by atoms with van der Waals surface area (Å²) < 4.78 is 52.1.